The summed E-state index contributed by atoms with van der Waals surface area (Å²) in [6.45, 7) is -0.172. The molecule has 0 fully saturated rings. The van der Waals surface area contributed by atoms with E-state index in [-0.39, 0.29) is 17.8 Å². The molecule has 1 heterocycles. The van der Waals surface area contributed by atoms with E-state index in [2.05, 4.69) is 15.6 Å². The number of carbonyl (C=O) groups is 1. The van der Waals surface area contributed by atoms with Crippen LogP contribution < -0.4 is 21.3 Å². The van der Waals surface area contributed by atoms with E-state index >= 15 is 0 Å². The molecular weight excluding hydrogens is 296 g/mol. The van der Waals surface area contributed by atoms with Gasteiger partial charge in [0.15, 0.2) is 0 Å². The number of carbonyl (C=O) groups excluding carboxylic acids is 1. The van der Waals surface area contributed by atoms with Gasteiger partial charge in [0.05, 0.1) is 6.54 Å². The monoisotopic (exact) mass is 306 g/mol. The van der Waals surface area contributed by atoms with Crippen molar-refractivity contribution < 1.29 is 27.1 Å². The van der Waals surface area contributed by atoms with Crippen molar-refractivity contribution in [1.29, 1.82) is 0 Å². The van der Waals surface area contributed by atoms with Crippen LogP contribution in [-0.4, -0.2) is 17.4 Å². The largest absolute Gasteiger partial charge is 0.573 e. The molecule has 0 aliphatic carbocycles. The number of nitrogens with one attached hydrogen (secondary N) is 2. The predicted octanol–water partition coefficient (Wildman–Crippen LogP) is 0.876. The van der Waals surface area contributed by atoms with Crippen molar-refractivity contribution >= 4 is 5.91 Å². The second kappa shape index (κ2) is 5.48. The van der Waals surface area contributed by atoms with Gasteiger partial charge in [-0.3, -0.25) is 10.2 Å². The van der Waals surface area contributed by atoms with Gasteiger partial charge in [-0.15, -0.1) is 18.3 Å². The van der Waals surface area contributed by atoms with Crippen molar-refractivity contribution in [3.63, 3.8) is 0 Å². The molecule has 0 radical (unpaired) electrons. The molecule has 6 nitrogen and oxygen atoms in total. The van der Waals surface area contributed by atoms with Crippen molar-refractivity contribution in [3.05, 3.63) is 41.5 Å². The smallest absolute Gasteiger partial charge is 0.406 e. The van der Waals surface area contributed by atoms with Crippen LogP contribution in [0.25, 0.3) is 0 Å². The molecule has 4 N–H and O–H groups in total. The van der Waals surface area contributed by atoms with E-state index in [1.165, 1.54) is 11.3 Å². The summed E-state index contributed by atoms with van der Waals surface area (Å²) in [4.78, 5) is 10.9. The Morgan fingerprint density at radius 2 is 2.10 bits per heavy atom. The summed E-state index contributed by atoms with van der Waals surface area (Å²) in [5.41, 5.74) is 10.1. The second-order valence-electron chi connectivity index (χ2n) is 4.05. The number of amides is 1. The van der Waals surface area contributed by atoms with Gasteiger partial charge in [0.25, 0.3) is 5.91 Å². The number of ether oxygens (including phenoxy) is 1. The fourth-order valence-electron chi connectivity index (χ4n) is 1.60. The van der Waals surface area contributed by atoms with E-state index in [0.29, 0.717) is 0 Å². The van der Waals surface area contributed by atoms with Crippen molar-refractivity contribution in [1.82, 2.24) is 16.0 Å². The Bertz CT molecular complexity index is 588. The predicted molar refractivity (Wildman–Crippen MR) is 62.2 cm³/mol. The molecule has 0 atom stereocenters. The van der Waals surface area contributed by atoms with Crippen LogP contribution in [0, 0.1) is 5.82 Å². The molecule has 0 spiro atoms. The molecule has 0 saturated heterocycles. The highest BCUT2D eigenvalue weighted by Gasteiger charge is 2.31. The van der Waals surface area contributed by atoms with Crippen LogP contribution in [0.5, 0.6) is 5.75 Å². The van der Waals surface area contributed by atoms with Crippen LogP contribution in [0.2, 0.25) is 0 Å². The maximum absolute atomic E-state index is 13.6. The molecule has 1 aromatic carbocycles. The van der Waals surface area contributed by atoms with Crippen molar-refractivity contribution in [3.8, 4) is 5.75 Å². The van der Waals surface area contributed by atoms with Crippen LogP contribution in [0.15, 0.2) is 30.1 Å². The average molecular weight is 306 g/mol. The summed E-state index contributed by atoms with van der Waals surface area (Å²) in [5.74, 6) is -2.00. The topological polar surface area (TPSA) is 79.6 Å². The van der Waals surface area contributed by atoms with Gasteiger partial charge in [0.1, 0.15) is 17.3 Å². The van der Waals surface area contributed by atoms with E-state index in [4.69, 9.17) is 5.73 Å². The number of alkyl halides is 3. The average Bonchev–Trinajstić information content (AvgIpc) is 2.80. The van der Waals surface area contributed by atoms with Crippen molar-refractivity contribution in [2.24, 2.45) is 5.73 Å². The lowest BCUT2D eigenvalue weighted by Gasteiger charge is -2.18. The van der Waals surface area contributed by atoms with Crippen molar-refractivity contribution in [2.45, 2.75) is 12.9 Å². The fraction of sp³-hybridized carbons (Fsp3) is 0.182. The Balaban J connectivity index is 2.07. The number of nitrogens with zero attached hydrogens (tertiary/aromatic N) is 1. The normalized spacial score (nSPS) is 15.1. The van der Waals surface area contributed by atoms with E-state index < -0.39 is 23.8 Å². The number of benzene rings is 1. The molecule has 1 amide bonds. The molecule has 1 aliphatic heterocycles. The first kappa shape index (κ1) is 14.9. The van der Waals surface area contributed by atoms with E-state index in [1.54, 1.807) is 0 Å². The Morgan fingerprint density at radius 3 is 2.67 bits per heavy atom. The quantitative estimate of drug-likeness (QED) is 0.720. The van der Waals surface area contributed by atoms with Gasteiger partial charge in [-0.25, -0.2) is 4.39 Å². The van der Waals surface area contributed by atoms with Gasteiger partial charge in [-0.2, -0.15) is 0 Å². The third-order valence-corrected chi connectivity index (χ3v) is 2.46. The zero-order valence-electron chi connectivity index (χ0n) is 10.4. The number of rotatable bonds is 4. The summed E-state index contributed by atoms with van der Waals surface area (Å²) >= 11 is 0. The molecule has 1 aliphatic rings. The maximum atomic E-state index is 13.6. The van der Waals surface area contributed by atoms with Crippen LogP contribution >= 0.6 is 0 Å². The lowest BCUT2D eigenvalue weighted by Crippen LogP contribution is -2.40. The molecule has 114 valence electrons. The Kier molecular flexibility index (Phi) is 3.89. The van der Waals surface area contributed by atoms with Crippen LogP contribution in [-0.2, 0) is 11.3 Å². The lowest BCUT2D eigenvalue weighted by atomic mass is 10.2. The minimum atomic E-state index is -4.86. The van der Waals surface area contributed by atoms with Gasteiger partial charge >= 0.3 is 6.36 Å². The van der Waals surface area contributed by atoms with Crippen LogP contribution in [0.1, 0.15) is 5.56 Å². The highest BCUT2D eigenvalue weighted by molar-refractivity contribution is 5.91. The first-order valence-electron chi connectivity index (χ1n) is 5.59. The van der Waals surface area contributed by atoms with Gasteiger partial charge in [0.2, 0.25) is 0 Å². The Hall–Kier alpha value is -2.49. The molecule has 10 heteroatoms. The van der Waals surface area contributed by atoms with Crippen LogP contribution in [0.4, 0.5) is 17.6 Å². The third kappa shape index (κ3) is 3.99. The Labute approximate surface area is 116 Å². The molecule has 2 rings (SSSR count). The number of halogens is 4. The van der Waals surface area contributed by atoms with Crippen LogP contribution in [0.3, 0.4) is 0 Å². The molecule has 0 unspecified atom stereocenters. The zero-order valence-corrected chi connectivity index (χ0v) is 10.4. The minimum absolute atomic E-state index is 0.0399. The highest BCUT2D eigenvalue weighted by Crippen LogP contribution is 2.25. The lowest BCUT2D eigenvalue weighted by molar-refractivity contribution is -0.274. The Morgan fingerprint density at radius 1 is 1.38 bits per heavy atom. The van der Waals surface area contributed by atoms with E-state index in [0.717, 1.165) is 18.2 Å². The number of hydrogen-bond acceptors (Lipinski definition) is 5. The van der Waals surface area contributed by atoms with Gasteiger partial charge in [-0.1, -0.05) is 0 Å². The van der Waals surface area contributed by atoms with Crippen molar-refractivity contribution in [2.75, 3.05) is 0 Å². The molecule has 21 heavy (non-hydrogen) atoms. The SMILES string of the molecule is NC(=O)C1=CNN(Cc2cc(OC(F)(F)F)ccc2F)N1. The molecule has 0 saturated carbocycles. The summed E-state index contributed by atoms with van der Waals surface area (Å²) in [5, 5.41) is 1.18. The summed E-state index contributed by atoms with van der Waals surface area (Å²) in [6.07, 6.45) is -3.61. The minimum Gasteiger partial charge on any atom is -0.406 e. The first-order chi connectivity index (χ1) is 9.74. The number of primary amides is 1. The summed E-state index contributed by atoms with van der Waals surface area (Å²) in [6, 6.07) is 2.63. The third-order valence-electron chi connectivity index (χ3n) is 2.46. The molecule has 0 aromatic heterocycles. The first-order valence-corrected chi connectivity index (χ1v) is 5.59. The van der Waals surface area contributed by atoms with Gasteiger partial charge in [0, 0.05) is 11.8 Å². The number of nitrogens with two attached hydrogens (primary N) is 1. The molecule has 1 aromatic rings. The molecular formula is C11H10F4N4O2. The van der Waals surface area contributed by atoms with Gasteiger partial charge in [-0.05, 0) is 18.2 Å². The second-order valence-corrected chi connectivity index (χ2v) is 4.05. The van der Waals surface area contributed by atoms with E-state index in [1.807, 2.05) is 0 Å². The number of hydrazine groups is 2. The zero-order chi connectivity index (χ0) is 15.6. The maximum Gasteiger partial charge on any atom is 0.573 e. The molecule has 0 bridgehead atoms. The standard InChI is InChI=1S/C11H10F4N4O2/c12-8-2-1-7(21-11(13,14)15)3-6(8)5-19-17-4-9(18-19)10(16)20/h1-4,17-18H,5H2,(H2,16,20). The summed E-state index contributed by atoms with van der Waals surface area (Å²) < 4.78 is 53.6. The van der Waals surface area contributed by atoms with E-state index in [9.17, 15) is 22.4 Å². The van der Waals surface area contributed by atoms with Gasteiger partial charge < -0.3 is 15.9 Å². The summed E-state index contributed by atoms with van der Waals surface area (Å²) in [7, 11) is 0. The highest BCUT2D eigenvalue weighted by atomic mass is 19.4. The number of hydrogen-bond donors (Lipinski definition) is 3. The fourth-order valence-corrected chi connectivity index (χ4v) is 1.60.